The average molecular weight is 356 g/mol. The zero-order valence-corrected chi connectivity index (χ0v) is 14.9. The van der Waals surface area contributed by atoms with Gasteiger partial charge in [-0.2, -0.15) is 0 Å². The monoisotopic (exact) mass is 356 g/mol. The normalized spacial score (nSPS) is 19.2. The van der Waals surface area contributed by atoms with E-state index in [2.05, 4.69) is 29.6 Å². The number of aliphatic hydroxyl groups is 1. The summed E-state index contributed by atoms with van der Waals surface area (Å²) >= 11 is 0. The molecule has 0 amide bonds. The molecule has 0 aromatic heterocycles. The first kappa shape index (κ1) is 17.3. The Morgan fingerprint density at radius 3 is 3.00 bits per heavy atom. The van der Waals surface area contributed by atoms with Gasteiger partial charge in [0.1, 0.15) is 19.2 Å². The number of aryl methyl sites for hydroxylation is 1. The highest BCUT2D eigenvalue weighted by molar-refractivity contribution is 5.44. The third-order valence-corrected chi connectivity index (χ3v) is 5.06. The Morgan fingerprint density at radius 2 is 2.04 bits per heavy atom. The molecule has 5 nitrogen and oxygen atoms in total. The average Bonchev–Trinajstić information content (AvgIpc) is 3.14. The lowest BCUT2D eigenvalue weighted by molar-refractivity contribution is -0.676. The molecule has 2 aromatic rings. The molecule has 1 aliphatic heterocycles. The van der Waals surface area contributed by atoms with Crippen LogP contribution in [-0.2, 0) is 17.7 Å². The van der Waals surface area contributed by atoms with Gasteiger partial charge in [-0.1, -0.05) is 24.3 Å². The van der Waals surface area contributed by atoms with Gasteiger partial charge in [-0.05, 0) is 48.6 Å². The van der Waals surface area contributed by atoms with Crippen molar-refractivity contribution in [2.75, 3.05) is 19.9 Å². The molecule has 4 rings (SSSR count). The maximum atomic E-state index is 10.3. The van der Waals surface area contributed by atoms with Crippen LogP contribution in [0.5, 0.6) is 11.5 Å². The van der Waals surface area contributed by atoms with Crippen LogP contribution in [0.3, 0.4) is 0 Å². The third-order valence-electron chi connectivity index (χ3n) is 5.06. The summed E-state index contributed by atoms with van der Waals surface area (Å²) in [5.41, 5.74) is 3.83. The van der Waals surface area contributed by atoms with E-state index in [9.17, 15) is 5.11 Å². The lowest BCUT2D eigenvalue weighted by atomic mass is 9.89. The molecule has 0 bridgehead atoms. The molecule has 3 N–H and O–H groups in total. The fourth-order valence-corrected chi connectivity index (χ4v) is 3.69. The molecule has 1 heterocycles. The topological polar surface area (TPSA) is 64.5 Å². The standard InChI is InChI=1S/C21H25NO4/c23-17(12-22-11-15-8-9-20-21(10-15)26-14-25-20)13-24-19-7-3-5-16-4-1-2-6-18(16)19/h1-2,4,6,8-10,17,19,22-23H,3,5,7,11-14H2/p+1/t17-,19-/m0/s1. The number of rotatable bonds is 7. The van der Waals surface area contributed by atoms with Crippen molar-refractivity contribution in [3.63, 3.8) is 0 Å². The minimum absolute atomic E-state index is 0.114. The van der Waals surface area contributed by atoms with E-state index >= 15 is 0 Å². The van der Waals surface area contributed by atoms with Crippen LogP contribution in [0.4, 0.5) is 0 Å². The number of aliphatic hydroxyl groups excluding tert-OH is 1. The molecule has 138 valence electrons. The van der Waals surface area contributed by atoms with Gasteiger partial charge >= 0.3 is 0 Å². The summed E-state index contributed by atoms with van der Waals surface area (Å²) in [6.07, 6.45) is 2.95. The Hall–Kier alpha value is -2.08. The summed E-state index contributed by atoms with van der Waals surface area (Å²) in [6.45, 7) is 2.07. The van der Waals surface area contributed by atoms with Crippen LogP contribution in [0.15, 0.2) is 42.5 Å². The van der Waals surface area contributed by atoms with Crippen molar-refractivity contribution in [2.45, 2.75) is 38.0 Å². The zero-order chi connectivity index (χ0) is 17.8. The molecule has 2 aliphatic rings. The van der Waals surface area contributed by atoms with Crippen molar-refractivity contribution in [3.05, 3.63) is 59.2 Å². The lowest BCUT2D eigenvalue weighted by Gasteiger charge is -2.26. The maximum Gasteiger partial charge on any atom is 0.231 e. The summed E-state index contributed by atoms with van der Waals surface area (Å²) in [5, 5.41) is 12.4. The van der Waals surface area contributed by atoms with Crippen LogP contribution in [0.2, 0.25) is 0 Å². The number of benzene rings is 2. The summed E-state index contributed by atoms with van der Waals surface area (Å²) in [5.74, 6) is 1.60. The molecule has 2 aromatic carbocycles. The molecule has 0 saturated carbocycles. The van der Waals surface area contributed by atoms with E-state index in [1.165, 1.54) is 11.1 Å². The number of fused-ring (bicyclic) bond motifs is 2. The fourth-order valence-electron chi connectivity index (χ4n) is 3.69. The molecule has 26 heavy (non-hydrogen) atoms. The first-order valence-electron chi connectivity index (χ1n) is 9.37. The zero-order valence-electron chi connectivity index (χ0n) is 14.9. The Balaban J connectivity index is 1.22. The van der Waals surface area contributed by atoms with Crippen molar-refractivity contribution in [3.8, 4) is 11.5 Å². The maximum absolute atomic E-state index is 10.3. The second-order valence-electron chi connectivity index (χ2n) is 6.98. The van der Waals surface area contributed by atoms with E-state index in [0.717, 1.165) is 42.9 Å². The van der Waals surface area contributed by atoms with E-state index in [-0.39, 0.29) is 6.10 Å². The van der Waals surface area contributed by atoms with Crippen molar-refractivity contribution < 1.29 is 24.6 Å². The van der Waals surface area contributed by atoms with Gasteiger partial charge < -0.3 is 24.6 Å². The van der Waals surface area contributed by atoms with Gasteiger partial charge in [-0.15, -0.1) is 0 Å². The molecular formula is C21H26NO4+. The highest BCUT2D eigenvalue weighted by Gasteiger charge is 2.21. The first-order valence-corrected chi connectivity index (χ1v) is 9.37. The summed E-state index contributed by atoms with van der Waals surface area (Å²) in [6, 6.07) is 14.5. The lowest BCUT2D eigenvalue weighted by Crippen LogP contribution is -2.85. The second kappa shape index (κ2) is 8.08. The quantitative estimate of drug-likeness (QED) is 0.796. The van der Waals surface area contributed by atoms with E-state index < -0.39 is 6.10 Å². The fraction of sp³-hybridized carbons (Fsp3) is 0.429. The van der Waals surface area contributed by atoms with Gasteiger partial charge in [-0.25, -0.2) is 0 Å². The number of nitrogens with two attached hydrogens (primary N) is 1. The Labute approximate surface area is 153 Å². The van der Waals surface area contributed by atoms with E-state index in [0.29, 0.717) is 19.9 Å². The van der Waals surface area contributed by atoms with Gasteiger partial charge in [0, 0.05) is 5.56 Å². The number of ether oxygens (including phenoxy) is 3. The number of hydrogen-bond acceptors (Lipinski definition) is 4. The van der Waals surface area contributed by atoms with Crippen LogP contribution < -0.4 is 14.8 Å². The van der Waals surface area contributed by atoms with Gasteiger partial charge in [0.25, 0.3) is 0 Å². The Bertz CT molecular complexity index is 749. The van der Waals surface area contributed by atoms with Gasteiger partial charge in [0.2, 0.25) is 6.79 Å². The molecule has 2 atom stereocenters. The van der Waals surface area contributed by atoms with Crippen LogP contribution >= 0.6 is 0 Å². The van der Waals surface area contributed by atoms with E-state index in [1.807, 2.05) is 18.2 Å². The smallest absolute Gasteiger partial charge is 0.231 e. The van der Waals surface area contributed by atoms with E-state index in [4.69, 9.17) is 14.2 Å². The van der Waals surface area contributed by atoms with Crippen LogP contribution in [0, 0.1) is 0 Å². The van der Waals surface area contributed by atoms with Crippen LogP contribution in [0.1, 0.15) is 35.6 Å². The van der Waals surface area contributed by atoms with Gasteiger partial charge in [0.15, 0.2) is 11.5 Å². The highest BCUT2D eigenvalue weighted by atomic mass is 16.7. The number of hydrogen-bond donors (Lipinski definition) is 2. The van der Waals surface area contributed by atoms with Crippen molar-refractivity contribution >= 4 is 0 Å². The Morgan fingerprint density at radius 1 is 1.15 bits per heavy atom. The molecule has 1 aliphatic carbocycles. The van der Waals surface area contributed by atoms with E-state index in [1.54, 1.807) is 0 Å². The molecule has 0 spiro atoms. The van der Waals surface area contributed by atoms with Crippen molar-refractivity contribution in [1.29, 1.82) is 0 Å². The van der Waals surface area contributed by atoms with Crippen molar-refractivity contribution in [1.82, 2.24) is 0 Å². The van der Waals surface area contributed by atoms with Gasteiger partial charge in [0.05, 0.1) is 12.7 Å². The number of quaternary nitrogens is 1. The minimum Gasteiger partial charge on any atom is -0.454 e. The van der Waals surface area contributed by atoms with Crippen molar-refractivity contribution in [2.24, 2.45) is 0 Å². The first-order chi connectivity index (χ1) is 12.8. The van der Waals surface area contributed by atoms with Crippen LogP contribution in [-0.4, -0.2) is 31.2 Å². The predicted molar refractivity (Wildman–Crippen MR) is 97.1 cm³/mol. The summed E-state index contributed by atoms with van der Waals surface area (Å²) < 4.78 is 16.7. The second-order valence-corrected chi connectivity index (χ2v) is 6.98. The highest BCUT2D eigenvalue weighted by Crippen LogP contribution is 2.33. The predicted octanol–water partition coefficient (Wildman–Crippen LogP) is 1.93. The molecule has 0 unspecified atom stereocenters. The SMILES string of the molecule is O[C@@H](C[NH2+]Cc1ccc2c(c1)OCO2)CO[C@H]1CCCc2ccccc21. The molecule has 5 heteroatoms. The Kier molecular flexibility index (Phi) is 5.39. The minimum atomic E-state index is -0.474. The molecule has 0 fully saturated rings. The van der Waals surface area contributed by atoms with Gasteiger partial charge in [-0.3, -0.25) is 0 Å². The summed E-state index contributed by atoms with van der Waals surface area (Å²) in [7, 11) is 0. The summed E-state index contributed by atoms with van der Waals surface area (Å²) in [4.78, 5) is 0. The molecule has 0 radical (unpaired) electrons. The largest absolute Gasteiger partial charge is 0.454 e. The molecule has 0 saturated heterocycles. The third kappa shape index (κ3) is 4.01. The van der Waals surface area contributed by atoms with Crippen LogP contribution in [0.25, 0.3) is 0 Å². The molecular weight excluding hydrogens is 330 g/mol.